The van der Waals surface area contributed by atoms with Gasteiger partial charge in [-0.25, -0.2) is 28.4 Å². The number of halogens is 7. The molecule has 0 spiro atoms. The lowest BCUT2D eigenvalue weighted by Gasteiger charge is -2.06. The Bertz CT molecular complexity index is 1200. The molecule has 0 saturated heterocycles. The zero-order valence-electron chi connectivity index (χ0n) is 17.1. The standard InChI is InChI=1S/C8H8ClF2N3O2S.C7H5ClF3N3O2S/c1-8(10,11)6(15)14-17(2,16)5-3-12-7(9)13-4-5;1-17(16,14-5(15)7(9,10)11)4-2-12-6(8)13-3-4/h3-4H,1-2H3;2-3H,1H3/t2*17-/m10/s1. The van der Waals surface area contributed by atoms with Crippen LogP contribution >= 0.6 is 23.2 Å². The van der Waals surface area contributed by atoms with Crippen molar-refractivity contribution in [3.63, 3.8) is 0 Å². The summed E-state index contributed by atoms with van der Waals surface area (Å²) in [5.41, 5.74) is 0. The Morgan fingerprint density at radius 3 is 1.32 bits per heavy atom. The highest BCUT2D eigenvalue weighted by Crippen LogP contribution is 2.20. The summed E-state index contributed by atoms with van der Waals surface area (Å²) in [5.74, 6) is -7.83. The number of rotatable bonds is 3. The van der Waals surface area contributed by atoms with Crippen molar-refractivity contribution in [3.05, 3.63) is 35.4 Å². The molecule has 2 atom stereocenters. The molecule has 2 aromatic rings. The van der Waals surface area contributed by atoms with E-state index >= 15 is 0 Å². The van der Waals surface area contributed by atoms with Crippen LogP contribution in [0.15, 0.2) is 43.3 Å². The number of carbonyl (C=O) groups is 2. The van der Waals surface area contributed by atoms with E-state index in [9.17, 15) is 40.0 Å². The molecule has 188 valence electrons. The summed E-state index contributed by atoms with van der Waals surface area (Å²) in [6.07, 6.45) is 0.804. The van der Waals surface area contributed by atoms with Gasteiger partial charge in [-0.15, -0.1) is 4.36 Å². The van der Waals surface area contributed by atoms with Gasteiger partial charge in [0.2, 0.25) is 10.6 Å². The van der Waals surface area contributed by atoms with E-state index in [0.717, 1.165) is 37.3 Å². The number of hydrogen-bond donors (Lipinski definition) is 0. The first-order valence-electron chi connectivity index (χ1n) is 8.18. The van der Waals surface area contributed by atoms with Gasteiger partial charge < -0.3 is 0 Å². The predicted molar refractivity (Wildman–Crippen MR) is 110 cm³/mol. The van der Waals surface area contributed by atoms with Crippen molar-refractivity contribution in [3.8, 4) is 0 Å². The first-order valence-corrected chi connectivity index (χ1v) is 12.8. The van der Waals surface area contributed by atoms with Crippen LogP contribution in [0.2, 0.25) is 10.6 Å². The third-order valence-electron chi connectivity index (χ3n) is 3.20. The van der Waals surface area contributed by atoms with Crippen LogP contribution < -0.4 is 0 Å². The molecule has 19 heteroatoms. The van der Waals surface area contributed by atoms with Crippen molar-refractivity contribution >= 4 is 54.5 Å². The lowest BCUT2D eigenvalue weighted by atomic mass is 10.4. The quantitative estimate of drug-likeness (QED) is 0.403. The van der Waals surface area contributed by atoms with E-state index in [0.29, 0.717) is 6.92 Å². The normalized spacial score (nSPS) is 15.1. The molecular formula is C15H13Cl2F5N6O4S2. The van der Waals surface area contributed by atoms with E-state index in [2.05, 4.69) is 28.7 Å². The molecule has 2 aromatic heterocycles. The highest BCUT2D eigenvalue weighted by Gasteiger charge is 2.39. The zero-order valence-corrected chi connectivity index (χ0v) is 20.2. The molecule has 0 aliphatic rings. The first-order chi connectivity index (χ1) is 15.3. The average Bonchev–Trinajstić information content (AvgIpc) is 2.67. The molecular weight excluding hydrogens is 558 g/mol. The minimum atomic E-state index is -5.16. The van der Waals surface area contributed by atoms with Gasteiger partial charge in [0, 0.05) is 44.2 Å². The third-order valence-corrected chi connectivity index (χ3v) is 6.79. The Morgan fingerprint density at radius 1 is 0.765 bits per heavy atom. The highest BCUT2D eigenvalue weighted by molar-refractivity contribution is 7.93. The van der Waals surface area contributed by atoms with Gasteiger partial charge in [-0.3, -0.25) is 9.59 Å². The van der Waals surface area contributed by atoms with E-state index in [1.54, 1.807) is 0 Å². The number of aromatic nitrogens is 4. The molecule has 0 aliphatic carbocycles. The molecule has 0 bridgehead atoms. The summed E-state index contributed by atoms with van der Waals surface area (Å²) in [6.45, 7) is 0.382. The molecule has 0 aliphatic heterocycles. The van der Waals surface area contributed by atoms with E-state index in [4.69, 9.17) is 23.2 Å². The maximum absolute atomic E-state index is 12.6. The van der Waals surface area contributed by atoms with Gasteiger partial charge in [-0.2, -0.15) is 26.3 Å². The summed E-state index contributed by atoms with van der Waals surface area (Å²) >= 11 is 10.8. The summed E-state index contributed by atoms with van der Waals surface area (Å²) in [5, 5.41) is -0.248. The molecule has 0 radical (unpaired) electrons. The second-order valence-corrected chi connectivity index (χ2v) is 11.4. The summed E-state index contributed by atoms with van der Waals surface area (Å²) < 4.78 is 90.3. The molecule has 2 heterocycles. The monoisotopic (exact) mass is 570 g/mol. The SMILES string of the molecule is CC(F)(F)C(=O)N=[S@](C)(=O)c1cnc(Cl)nc1.C[S@@](=O)(=NC(=O)C(F)(F)F)c1cnc(Cl)nc1. The minimum Gasteiger partial charge on any atom is -0.265 e. The molecule has 2 amide bonds. The van der Waals surface area contributed by atoms with Crippen molar-refractivity contribution in [2.75, 3.05) is 12.5 Å². The Hall–Kier alpha value is -2.37. The van der Waals surface area contributed by atoms with Gasteiger partial charge in [0.15, 0.2) is 0 Å². The highest BCUT2D eigenvalue weighted by atomic mass is 35.5. The Morgan fingerprint density at radius 2 is 1.06 bits per heavy atom. The smallest absolute Gasteiger partial charge is 0.265 e. The molecule has 2 rings (SSSR count). The van der Waals surface area contributed by atoms with Crippen LogP contribution in [0.4, 0.5) is 22.0 Å². The summed E-state index contributed by atoms with van der Waals surface area (Å²) in [7, 11) is -6.84. The third kappa shape index (κ3) is 9.11. The fourth-order valence-electron chi connectivity index (χ4n) is 1.55. The fraction of sp³-hybridized carbons (Fsp3) is 0.333. The largest absolute Gasteiger partial charge is 0.474 e. The molecule has 0 unspecified atom stereocenters. The number of nitrogens with zero attached hydrogens (tertiary/aromatic N) is 6. The van der Waals surface area contributed by atoms with Crippen molar-refractivity contribution in [1.29, 1.82) is 0 Å². The number of carbonyl (C=O) groups excluding carboxylic acids is 2. The van der Waals surface area contributed by atoms with Gasteiger partial charge in [-0.05, 0) is 23.2 Å². The average molecular weight is 571 g/mol. The van der Waals surface area contributed by atoms with Crippen molar-refractivity contribution in [1.82, 2.24) is 19.9 Å². The van der Waals surface area contributed by atoms with Crippen LogP contribution in [0.25, 0.3) is 0 Å². The maximum atomic E-state index is 12.6. The number of amides is 2. The summed E-state index contributed by atoms with van der Waals surface area (Å²) in [6, 6.07) is 0. The molecule has 0 saturated carbocycles. The Kier molecular flexibility index (Phi) is 9.52. The zero-order chi connectivity index (χ0) is 26.5. The van der Waals surface area contributed by atoms with Crippen LogP contribution in [0, 0.1) is 0 Å². The van der Waals surface area contributed by atoms with Crippen molar-refractivity contribution in [2.24, 2.45) is 8.73 Å². The maximum Gasteiger partial charge on any atom is 0.474 e. The minimum absolute atomic E-state index is 0.0421. The van der Waals surface area contributed by atoms with Crippen molar-refractivity contribution in [2.45, 2.75) is 28.8 Å². The molecule has 0 aromatic carbocycles. The van der Waals surface area contributed by atoms with Crippen LogP contribution in [-0.2, 0) is 29.0 Å². The summed E-state index contributed by atoms with van der Waals surface area (Å²) in [4.78, 5) is 35.2. The van der Waals surface area contributed by atoms with Gasteiger partial charge in [0.05, 0.1) is 29.2 Å². The van der Waals surface area contributed by atoms with Crippen LogP contribution in [-0.4, -0.2) is 64.8 Å². The molecule has 34 heavy (non-hydrogen) atoms. The number of hydrogen-bond acceptors (Lipinski definition) is 8. The lowest BCUT2D eigenvalue weighted by Crippen LogP contribution is -2.23. The fourth-order valence-corrected chi connectivity index (χ4v) is 3.84. The topological polar surface area (TPSA) is 145 Å². The first kappa shape index (κ1) is 29.7. The number of alkyl halides is 5. The van der Waals surface area contributed by atoms with E-state index < -0.39 is 43.4 Å². The molecule has 10 nitrogen and oxygen atoms in total. The predicted octanol–water partition coefficient (Wildman–Crippen LogP) is 3.44. The second-order valence-electron chi connectivity index (χ2n) is 6.16. The van der Waals surface area contributed by atoms with E-state index in [-0.39, 0.29) is 20.4 Å². The lowest BCUT2D eigenvalue weighted by molar-refractivity contribution is -0.169. The van der Waals surface area contributed by atoms with Crippen LogP contribution in [0.3, 0.4) is 0 Å². The van der Waals surface area contributed by atoms with Crippen LogP contribution in [0.1, 0.15) is 6.92 Å². The van der Waals surface area contributed by atoms with Crippen molar-refractivity contribution < 1.29 is 40.0 Å². The van der Waals surface area contributed by atoms with Gasteiger partial charge >= 0.3 is 23.9 Å². The van der Waals surface area contributed by atoms with Gasteiger partial charge in [0.25, 0.3) is 0 Å². The van der Waals surface area contributed by atoms with Gasteiger partial charge in [0.1, 0.15) is 0 Å². The van der Waals surface area contributed by atoms with Crippen LogP contribution in [0.5, 0.6) is 0 Å². The second kappa shape index (κ2) is 10.9. The molecule has 0 fully saturated rings. The van der Waals surface area contributed by atoms with E-state index in [1.165, 1.54) is 0 Å². The Balaban J connectivity index is 0.000000340. The Labute approximate surface area is 199 Å². The van der Waals surface area contributed by atoms with Gasteiger partial charge in [-0.1, -0.05) is 0 Å². The van der Waals surface area contributed by atoms with E-state index in [1.807, 2.05) is 0 Å². The molecule has 0 N–H and O–H groups in total.